The monoisotopic (exact) mass is 446 g/mol. The molecule has 3 aromatic rings. The Balaban J connectivity index is 1.86. The number of hydrazone groups is 1. The minimum Gasteiger partial charge on any atom is -0.507 e. The molecule has 2 N–H and O–H groups in total. The van der Waals surface area contributed by atoms with E-state index >= 15 is 0 Å². The highest BCUT2D eigenvalue weighted by Crippen LogP contribution is 2.25. The average molecular weight is 448 g/mol. The Kier molecular flexibility index (Phi) is 4.97. The number of rotatable bonds is 3. The summed E-state index contributed by atoms with van der Waals surface area (Å²) in [5, 5.41) is 15.9. The lowest BCUT2D eigenvalue weighted by Gasteiger charge is -2.06. The molecule has 6 heteroatoms. The molecule has 0 fully saturated rings. The van der Waals surface area contributed by atoms with Gasteiger partial charge in [0.1, 0.15) is 5.75 Å². The fraction of sp³-hybridized carbons (Fsp3) is 0. The van der Waals surface area contributed by atoms with E-state index in [0.29, 0.717) is 15.6 Å². The molecule has 3 rings (SSSR count). The first kappa shape index (κ1) is 16.7. The largest absolute Gasteiger partial charge is 0.507 e. The number of hydrogen-bond donors (Lipinski definition) is 2. The summed E-state index contributed by atoms with van der Waals surface area (Å²) in [6.45, 7) is 0. The summed E-state index contributed by atoms with van der Waals surface area (Å²) in [6.07, 6.45) is 1.45. The minimum absolute atomic E-state index is 0.107. The zero-order valence-electron chi connectivity index (χ0n) is 12.3. The van der Waals surface area contributed by atoms with Crippen molar-refractivity contribution in [3.8, 4) is 5.75 Å². The second-order valence-electron chi connectivity index (χ2n) is 5.04. The van der Waals surface area contributed by atoms with Crippen molar-refractivity contribution in [3.63, 3.8) is 0 Å². The normalized spacial score (nSPS) is 11.1. The molecule has 0 spiro atoms. The van der Waals surface area contributed by atoms with Crippen molar-refractivity contribution in [2.75, 3.05) is 0 Å². The number of fused-ring (bicyclic) bond motifs is 1. The van der Waals surface area contributed by atoms with Crippen LogP contribution in [0, 0.1) is 0 Å². The lowest BCUT2D eigenvalue weighted by atomic mass is 10.0. The number of aromatic hydroxyl groups is 1. The topological polar surface area (TPSA) is 61.7 Å². The van der Waals surface area contributed by atoms with Crippen molar-refractivity contribution < 1.29 is 9.90 Å². The van der Waals surface area contributed by atoms with Crippen LogP contribution in [0.25, 0.3) is 10.8 Å². The van der Waals surface area contributed by atoms with Crippen LogP contribution < -0.4 is 5.43 Å². The van der Waals surface area contributed by atoms with Gasteiger partial charge in [-0.05, 0) is 51.0 Å². The number of carbonyl (C=O) groups is 1. The molecule has 120 valence electrons. The zero-order chi connectivity index (χ0) is 17.1. The first-order valence-electron chi connectivity index (χ1n) is 7.05. The molecule has 3 aromatic carbocycles. The zero-order valence-corrected chi connectivity index (χ0v) is 15.5. The number of carbonyl (C=O) groups excluding carboxylic acids is 1. The van der Waals surface area contributed by atoms with Crippen LogP contribution in [0.4, 0.5) is 0 Å². The van der Waals surface area contributed by atoms with Crippen molar-refractivity contribution in [1.29, 1.82) is 0 Å². The maximum atomic E-state index is 12.2. The smallest absolute Gasteiger partial charge is 0.272 e. The van der Waals surface area contributed by atoms with E-state index in [2.05, 4.69) is 42.4 Å². The van der Waals surface area contributed by atoms with E-state index in [1.54, 1.807) is 18.2 Å². The Hall–Kier alpha value is -2.18. The van der Waals surface area contributed by atoms with Gasteiger partial charge in [-0.2, -0.15) is 5.10 Å². The van der Waals surface area contributed by atoms with Crippen molar-refractivity contribution >= 4 is 54.8 Å². The van der Waals surface area contributed by atoms with Gasteiger partial charge in [0.05, 0.1) is 11.8 Å². The molecule has 0 aliphatic carbocycles. The SMILES string of the molecule is O=C(N/N=C/c1c(O)ccc2ccccc12)c1cc(Br)ccc1Br. The summed E-state index contributed by atoms with van der Waals surface area (Å²) in [6, 6.07) is 16.4. The first-order valence-corrected chi connectivity index (χ1v) is 8.64. The number of benzene rings is 3. The van der Waals surface area contributed by atoms with Crippen LogP contribution in [0.15, 0.2) is 68.6 Å². The molecule has 0 bridgehead atoms. The van der Waals surface area contributed by atoms with Crippen molar-refractivity contribution in [1.82, 2.24) is 5.43 Å². The molecular weight excluding hydrogens is 436 g/mol. The number of phenolic OH excluding ortho intramolecular Hbond substituents is 1. The van der Waals surface area contributed by atoms with Crippen LogP contribution in [-0.2, 0) is 0 Å². The predicted molar refractivity (Wildman–Crippen MR) is 103 cm³/mol. The molecule has 0 radical (unpaired) electrons. The Morgan fingerprint density at radius 3 is 2.71 bits per heavy atom. The second-order valence-corrected chi connectivity index (χ2v) is 6.81. The van der Waals surface area contributed by atoms with Gasteiger partial charge in [-0.1, -0.05) is 46.3 Å². The molecule has 0 aliphatic heterocycles. The summed E-state index contributed by atoms with van der Waals surface area (Å²) in [4.78, 5) is 12.2. The van der Waals surface area contributed by atoms with Gasteiger partial charge in [0.25, 0.3) is 5.91 Å². The van der Waals surface area contributed by atoms with Gasteiger partial charge in [0.2, 0.25) is 0 Å². The quantitative estimate of drug-likeness (QED) is 0.446. The van der Waals surface area contributed by atoms with Crippen LogP contribution in [0.5, 0.6) is 5.75 Å². The third-order valence-electron chi connectivity index (χ3n) is 3.48. The molecule has 0 atom stereocenters. The fourth-order valence-electron chi connectivity index (χ4n) is 2.31. The Labute approximate surface area is 155 Å². The number of nitrogens with zero attached hydrogens (tertiary/aromatic N) is 1. The van der Waals surface area contributed by atoms with Crippen LogP contribution in [0.2, 0.25) is 0 Å². The average Bonchev–Trinajstić information content (AvgIpc) is 2.59. The summed E-state index contributed by atoms with van der Waals surface area (Å²) < 4.78 is 1.47. The van der Waals surface area contributed by atoms with E-state index in [-0.39, 0.29) is 11.7 Å². The minimum atomic E-state index is -0.348. The van der Waals surface area contributed by atoms with Crippen LogP contribution in [-0.4, -0.2) is 17.2 Å². The van der Waals surface area contributed by atoms with E-state index in [0.717, 1.165) is 15.2 Å². The maximum Gasteiger partial charge on any atom is 0.272 e. The van der Waals surface area contributed by atoms with Crippen molar-refractivity contribution in [3.05, 3.63) is 74.7 Å². The first-order chi connectivity index (χ1) is 11.6. The number of halogens is 2. The highest BCUT2D eigenvalue weighted by molar-refractivity contribution is 9.11. The van der Waals surface area contributed by atoms with Gasteiger partial charge in [0, 0.05) is 14.5 Å². The third kappa shape index (κ3) is 3.49. The van der Waals surface area contributed by atoms with Crippen LogP contribution in [0.1, 0.15) is 15.9 Å². The van der Waals surface area contributed by atoms with Gasteiger partial charge in [0.15, 0.2) is 0 Å². The number of hydrogen-bond acceptors (Lipinski definition) is 3. The van der Waals surface area contributed by atoms with Crippen molar-refractivity contribution in [2.24, 2.45) is 5.10 Å². The van der Waals surface area contributed by atoms with Gasteiger partial charge in [-0.15, -0.1) is 0 Å². The third-order valence-corrected chi connectivity index (χ3v) is 4.67. The molecule has 1 amide bonds. The summed E-state index contributed by atoms with van der Waals surface area (Å²) in [5.41, 5.74) is 3.49. The van der Waals surface area contributed by atoms with Gasteiger partial charge >= 0.3 is 0 Å². The highest BCUT2D eigenvalue weighted by atomic mass is 79.9. The predicted octanol–water partition coefficient (Wildman–Crippen LogP) is 4.83. The Bertz CT molecular complexity index is 955. The molecule has 0 saturated carbocycles. The summed E-state index contributed by atoms with van der Waals surface area (Å²) in [7, 11) is 0. The van der Waals surface area contributed by atoms with Gasteiger partial charge in [-0.25, -0.2) is 5.43 Å². The number of nitrogens with one attached hydrogen (secondary N) is 1. The molecule has 0 aromatic heterocycles. The van der Waals surface area contributed by atoms with Crippen LogP contribution >= 0.6 is 31.9 Å². The summed E-state index contributed by atoms with van der Waals surface area (Å²) >= 11 is 6.67. The standard InChI is InChI=1S/C18H12Br2N2O2/c19-12-6-7-16(20)14(9-12)18(24)22-21-10-15-13-4-2-1-3-11(13)5-8-17(15)23/h1-10,23H,(H,22,24)/b21-10+. The van der Waals surface area contributed by atoms with E-state index in [1.807, 2.05) is 36.4 Å². The number of phenols is 1. The molecule has 4 nitrogen and oxygen atoms in total. The second kappa shape index (κ2) is 7.15. The van der Waals surface area contributed by atoms with E-state index < -0.39 is 0 Å². The highest BCUT2D eigenvalue weighted by Gasteiger charge is 2.10. The molecular formula is C18H12Br2N2O2. The van der Waals surface area contributed by atoms with Gasteiger partial charge in [-0.3, -0.25) is 4.79 Å². The fourth-order valence-corrected chi connectivity index (χ4v) is 3.09. The lowest BCUT2D eigenvalue weighted by Crippen LogP contribution is -2.18. The van der Waals surface area contributed by atoms with Crippen molar-refractivity contribution in [2.45, 2.75) is 0 Å². The Morgan fingerprint density at radius 2 is 1.88 bits per heavy atom. The van der Waals surface area contributed by atoms with Gasteiger partial charge < -0.3 is 5.11 Å². The molecule has 0 heterocycles. The molecule has 0 aliphatic rings. The van der Waals surface area contributed by atoms with Crippen LogP contribution in [0.3, 0.4) is 0 Å². The molecule has 0 unspecified atom stereocenters. The van der Waals surface area contributed by atoms with E-state index in [4.69, 9.17) is 0 Å². The maximum absolute atomic E-state index is 12.2. The van der Waals surface area contributed by atoms with E-state index in [9.17, 15) is 9.90 Å². The molecule has 24 heavy (non-hydrogen) atoms. The Morgan fingerprint density at radius 1 is 1.08 bits per heavy atom. The summed E-state index contributed by atoms with van der Waals surface area (Å²) in [5.74, 6) is -0.241. The number of amides is 1. The lowest BCUT2D eigenvalue weighted by molar-refractivity contribution is 0.0954. The molecule has 0 saturated heterocycles. The van der Waals surface area contributed by atoms with E-state index in [1.165, 1.54) is 6.21 Å².